The minimum Gasteiger partial charge on any atom is -0.396 e. The highest BCUT2D eigenvalue weighted by Gasteiger charge is 2.18. The zero-order valence-corrected chi connectivity index (χ0v) is 13.1. The lowest BCUT2D eigenvalue weighted by Crippen LogP contribution is -2.35. The van der Waals surface area contributed by atoms with E-state index in [2.05, 4.69) is 5.32 Å². The number of rotatable bonds is 8. The Balaban J connectivity index is 2.37. The fraction of sp³-hybridized carbons (Fsp3) is 0.533. The monoisotopic (exact) mass is 317 g/mol. The van der Waals surface area contributed by atoms with Crippen LogP contribution >= 0.6 is 11.8 Å². The van der Waals surface area contributed by atoms with Gasteiger partial charge in [0.2, 0.25) is 5.91 Å². The number of thioether (sulfide) groups is 1. The van der Waals surface area contributed by atoms with Crippen molar-refractivity contribution < 1.29 is 18.7 Å². The minimum atomic E-state index is -0.656. The first-order chi connectivity index (χ1) is 9.84. The maximum atomic E-state index is 13.4. The second-order valence-corrected chi connectivity index (χ2v) is 6.65. The molecule has 1 amide bonds. The van der Waals surface area contributed by atoms with Crippen LogP contribution in [0.4, 0.5) is 8.78 Å². The van der Waals surface area contributed by atoms with Gasteiger partial charge in [-0.15, -0.1) is 11.8 Å². The van der Waals surface area contributed by atoms with Gasteiger partial charge in [-0.3, -0.25) is 4.79 Å². The van der Waals surface area contributed by atoms with E-state index in [9.17, 15) is 13.6 Å². The number of aliphatic hydroxyl groups excluding tert-OH is 1. The molecule has 0 fully saturated rings. The van der Waals surface area contributed by atoms with E-state index in [0.717, 1.165) is 24.2 Å². The number of carbonyl (C=O) groups is 1. The van der Waals surface area contributed by atoms with Crippen LogP contribution < -0.4 is 5.32 Å². The van der Waals surface area contributed by atoms with Crippen LogP contribution in [0.15, 0.2) is 23.1 Å². The summed E-state index contributed by atoms with van der Waals surface area (Å²) in [5, 5.41) is 11.6. The Morgan fingerprint density at radius 1 is 1.38 bits per heavy atom. The molecular weight excluding hydrogens is 296 g/mol. The van der Waals surface area contributed by atoms with Crippen molar-refractivity contribution in [3.05, 3.63) is 29.8 Å². The van der Waals surface area contributed by atoms with Crippen LogP contribution in [-0.2, 0) is 4.79 Å². The van der Waals surface area contributed by atoms with Gasteiger partial charge in [0, 0.05) is 24.1 Å². The second-order valence-electron chi connectivity index (χ2n) is 5.63. The average Bonchev–Trinajstić information content (AvgIpc) is 2.42. The zero-order valence-electron chi connectivity index (χ0n) is 12.3. The van der Waals surface area contributed by atoms with Crippen molar-refractivity contribution in [2.45, 2.75) is 31.6 Å². The highest BCUT2D eigenvalue weighted by atomic mass is 32.2. The third kappa shape index (κ3) is 6.91. The molecule has 0 spiro atoms. The molecule has 21 heavy (non-hydrogen) atoms. The number of hydrogen-bond acceptors (Lipinski definition) is 3. The van der Waals surface area contributed by atoms with Crippen molar-refractivity contribution in [3.8, 4) is 0 Å². The molecule has 0 unspecified atom stereocenters. The summed E-state index contributed by atoms with van der Waals surface area (Å²) in [6.07, 6.45) is 1.50. The van der Waals surface area contributed by atoms with Crippen LogP contribution in [0.1, 0.15) is 26.7 Å². The van der Waals surface area contributed by atoms with E-state index in [1.807, 2.05) is 13.8 Å². The fourth-order valence-corrected chi connectivity index (χ4v) is 2.52. The number of amides is 1. The molecule has 6 heteroatoms. The maximum absolute atomic E-state index is 13.4. The van der Waals surface area contributed by atoms with Gasteiger partial charge in [-0.2, -0.15) is 0 Å². The van der Waals surface area contributed by atoms with Gasteiger partial charge >= 0.3 is 0 Å². The van der Waals surface area contributed by atoms with Crippen LogP contribution in [0, 0.1) is 17.0 Å². The molecule has 0 aliphatic rings. The van der Waals surface area contributed by atoms with Crippen molar-refractivity contribution >= 4 is 17.7 Å². The van der Waals surface area contributed by atoms with Gasteiger partial charge in [0.15, 0.2) is 0 Å². The third-order valence-electron chi connectivity index (χ3n) is 3.03. The molecule has 0 bridgehead atoms. The Kier molecular flexibility index (Phi) is 7.11. The van der Waals surface area contributed by atoms with E-state index in [1.165, 1.54) is 12.1 Å². The summed E-state index contributed by atoms with van der Waals surface area (Å²) >= 11 is 1.04. The van der Waals surface area contributed by atoms with Gasteiger partial charge in [0.25, 0.3) is 0 Å². The molecule has 0 radical (unpaired) electrons. The quantitative estimate of drug-likeness (QED) is 0.725. The Morgan fingerprint density at radius 2 is 2.10 bits per heavy atom. The van der Waals surface area contributed by atoms with Gasteiger partial charge in [-0.05, 0) is 30.4 Å². The van der Waals surface area contributed by atoms with Gasteiger partial charge in [0.1, 0.15) is 11.6 Å². The standard InChI is InChI=1S/C15H21F2NO2S/c1-15(2,6-3-7-19)10-18-14(20)9-21-13-5-4-11(16)8-12(13)17/h4-5,8,19H,3,6-7,9-10H2,1-2H3,(H,18,20). The SMILES string of the molecule is CC(C)(CCCO)CNC(=O)CSc1ccc(F)cc1F. The Labute approximate surface area is 128 Å². The van der Waals surface area contributed by atoms with Crippen molar-refractivity contribution in [1.29, 1.82) is 0 Å². The fourth-order valence-electron chi connectivity index (χ4n) is 1.77. The number of hydrogen-bond donors (Lipinski definition) is 2. The van der Waals surface area contributed by atoms with Gasteiger partial charge in [-0.1, -0.05) is 13.8 Å². The van der Waals surface area contributed by atoms with Gasteiger partial charge < -0.3 is 10.4 Å². The van der Waals surface area contributed by atoms with Crippen molar-refractivity contribution in [3.63, 3.8) is 0 Å². The van der Waals surface area contributed by atoms with E-state index in [4.69, 9.17) is 5.11 Å². The lowest BCUT2D eigenvalue weighted by molar-refractivity contribution is -0.119. The Morgan fingerprint density at radius 3 is 2.71 bits per heavy atom. The minimum absolute atomic E-state index is 0.0820. The third-order valence-corrected chi connectivity index (χ3v) is 4.08. The van der Waals surface area contributed by atoms with E-state index >= 15 is 0 Å². The summed E-state index contributed by atoms with van der Waals surface area (Å²) in [5.41, 5.74) is -0.0931. The molecule has 1 rings (SSSR count). The molecule has 0 heterocycles. The van der Waals surface area contributed by atoms with Crippen LogP contribution in [0.3, 0.4) is 0 Å². The van der Waals surface area contributed by atoms with Crippen LogP contribution in [0.2, 0.25) is 0 Å². The van der Waals surface area contributed by atoms with E-state index in [0.29, 0.717) is 13.0 Å². The molecular formula is C15H21F2NO2S. The largest absolute Gasteiger partial charge is 0.396 e. The molecule has 0 saturated carbocycles. The zero-order chi connectivity index (χ0) is 15.9. The first kappa shape index (κ1) is 17.9. The van der Waals surface area contributed by atoms with E-state index in [1.54, 1.807) is 0 Å². The summed E-state index contributed by atoms with van der Waals surface area (Å²) in [5.74, 6) is -1.40. The predicted molar refractivity (Wildman–Crippen MR) is 80.2 cm³/mol. The summed E-state index contributed by atoms with van der Waals surface area (Å²) in [4.78, 5) is 12.0. The summed E-state index contributed by atoms with van der Waals surface area (Å²) < 4.78 is 26.2. The molecule has 2 N–H and O–H groups in total. The summed E-state index contributed by atoms with van der Waals surface area (Å²) in [6, 6.07) is 3.30. The highest BCUT2D eigenvalue weighted by Crippen LogP contribution is 2.23. The number of carbonyl (C=O) groups excluding carboxylic acids is 1. The molecule has 0 atom stereocenters. The van der Waals surface area contributed by atoms with Crippen LogP contribution in [0.5, 0.6) is 0 Å². The number of benzene rings is 1. The molecule has 0 aliphatic carbocycles. The molecule has 0 aliphatic heterocycles. The smallest absolute Gasteiger partial charge is 0.230 e. The molecule has 0 aromatic heterocycles. The van der Waals surface area contributed by atoms with Crippen molar-refractivity contribution in [2.75, 3.05) is 18.9 Å². The number of aliphatic hydroxyl groups is 1. The number of halogens is 2. The molecule has 3 nitrogen and oxygen atoms in total. The van der Waals surface area contributed by atoms with Crippen LogP contribution in [-0.4, -0.2) is 29.9 Å². The summed E-state index contributed by atoms with van der Waals surface area (Å²) in [7, 11) is 0. The molecule has 0 saturated heterocycles. The highest BCUT2D eigenvalue weighted by molar-refractivity contribution is 8.00. The van der Waals surface area contributed by atoms with Crippen LogP contribution in [0.25, 0.3) is 0 Å². The first-order valence-electron chi connectivity index (χ1n) is 6.79. The van der Waals surface area contributed by atoms with E-state index in [-0.39, 0.29) is 28.6 Å². The lowest BCUT2D eigenvalue weighted by atomic mass is 9.88. The predicted octanol–water partition coefficient (Wildman–Crippen LogP) is 2.97. The van der Waals surface area contributed by atoms with Gasteiger partial charge in [-0.25, -0.2) is 8.78 Å². The molecule has 118 valence electrons. The lowest BCUT2D eigenvalue weighted by Gasteiger charge is -2.24. The second kappa shape index (κ2) is 8.34. The number of nitrogens with one attached hydrogen (secondary N) is 1. The molecule has 1 aromatic rings. The van der Waals surface area contributed by atoms with Gasteiger partial charge in [0.05, 0.1) is 5.75 Å². The Hall–Kier alpha value is -1.14. The first-order valence-corrected chi connectivity index (χ1v) is 7.78. The maximum Gasteiger partial charge on any atom is 0.230 e. The molecule has 1 aromatic carbocycles. The normalized spacial score (nSPS) is 11.5. The van der Waals surface area contributed by atoms with Crippen molar-refractivity contribution in [2.24, 2.45) is 5.41 Å². The topological polar surface area (TPSA) is 49.3 Å². The Bertz CT molecular complexity index is 481. The van der Waals surface area contributed by atoms with E-state index < -0.39 is 11.6 Å². The summed E-state index contributed by atoms with van der Waals surface area (Å²) in [6.45, 7) is 4.65. The average molecular weight is 317 g/mol. The van der Waals surface area contributed by atoms with Crippen molar-refractivity contribution in [1.82, 2.24) is 5.32 Å².